The number of aliphatic hydroxyl groups is 1. The first-order valence-corrected chi connectivity index (χ1v) is 6.08. The summed E-state index contributed by atoms with van der Waals surface area (Å²) in [5.41, 5.74) is 6.31. The summed E-state index contributed by atoms with van der Waals surface area (Å²) in [6.07, 6.45) is 1.86. The number of aryl methyl sites for hydroxylation is 1. The van der Waals surface area contributed by atoms with E-state index in [1.807, 2.05) is 13.8 Å². The van der Waals surface area contributed by atoms with Gasteiger partial charge in [0.05, 0.1) is 5.69 Å². The van der Waals surface area contributed by atoms with Gasteiger partial charge in [0.2, 0.25) is 0 Å². The number of aliphatic hydroxyl groups excluding tert-OH is 1. The first-order chi connectivity index (χ1) is 8.38. The number of unbranched alkanes of at least 4 members (excludes halogenated alkanes) is 1. The monoisotopic (exact) mass is 255 g/mol. The van der Waals surface area contributed by atoms with Gasteiger partial charge in [0, 0.05) is 0 Å². The standard InChI is InChI=1S/C7H8FN.C7H14O2/c1-5-2-3-7(9)6(8)4-5;1-3-4-5-7(9)6(2)8/h2-4H,9H2,1H3;7,9H,3-5H2,1-2H3. The highest BCUT2D eigenvalue weighted by Gasteiger charge is 2.06. The van der Waals surface area contributed by atoms with Crippen LogP contribution in [0.2, 0.25) is 0 Å². The van der Waals surface area contributed by atoms with Gasteiger partial charge in [-0.3, -0.25) is 4.79 Å². The van der Waals surface area contributed by atoms with Gasteiger partial charge in [-0.1, -0.05) is 25.8 Å². The van der Waals surface area contributed by atoms with Crippen LogP contribution in [0.15, 0.2) is 18.2 Å². The average molecular weight is 255 g/mol. The van der Waals surface area contributed by atoms with Crippen LogP contribution in [-0.4, -0.2) is 17.0 Å². The van der Waals surface area contributed by atoms with Crippen molar-refractivity contribution in [2.75, 3.05) is 5.73 Å². The minimum Gasteiger partial charge on any atom is -0.396 e. The van der Waals surface area contributed by atoms with E-state index in [1.54, 1.807) is 12.1 Å². The van der Waals surface area contributed by atoms with E-state index in [2.05, 4.69) is 0 Å². The molecule has 0 heterocycles. The third-order valence-electron chi connectivity index (χ3n) is 2.46. The van der Waals surface area contributed by atoms with Crippen LogP contribution in [0, 0.1) is 12.7 Å². The second kappa shape index (κ2) is 8.64. The molecule has 1 atom stereocenters. The number of halogens is 1. The van der Waals surface area contributed by atoms with Gasteiger partial charge in [-0.25, -0.2) is 4.39 Å². The Labute approximate surface area is 108 Å². The molecule has 0 aliphatic carbocycles. The van der Waals surface area contributed by atoms with Crippen molar-refractivity contribution >= 4 is 11.5 Å². The van der Waals surface area contributed by atoms with Crippen LogP contribution in [0.3, 0.4) is 0 Å². The molecule has 0 aromatic heterocycles. The van der Waals surface area contributed by atoms with Crippen LogP contribution in [0.4, 0.5) is 10.1 Å². The normalized spacial score (nSPS) is 11.4. The maximum atomic E-state index is 12.5. The molecule has 0 aliphatic rings. The predicted octanol–water partition coefficient (Wildman–Crippen LogP) is 2.84. The van der Waals surface area contributed by atoms with Gasteiger partial charge in [-0.15, -0.1) is 0 Å². The number of hydrogen-bond acceptors (Lipinski definition) is 3. The molecule has 1 aromatic carbocycles. The molecule has 0 saturated carbocycles. The number of carbonyl (C=O) groups is 1. The van der Waals surface area contributed by atoms with Crippen LogP contribution in [0.25, 0.3) is 0 Å². The van der Waals surface area contributed by atoms with E-state index >= 15 is 0 Å². The van der Waals surface area contributed by atoms with Crippen LogP contribution in [0.5, 0.6) is 0 Å². The van der Waals surface area contributed by atoms with Gasteiger partial charge in [0.15, 0.2) is 5.78 Å². The summed E-state index contributed by atoms with van der Waals surface area (Å²) in [6.45, 7) is 5.27. The second-order valence-corrected chi connectivity index (χ2v) is 4.29. The molecule has 3 N–H and O–H groups in total. The fourth-order valence-corrected chi connectivity index (χ4v) is 1.23. The Balaban J connectivity index is 0.000000321. The minimum absolute atomic E-state index is 0.122. The van der Waals surface area contributed by atoms with Crippen molar-refractivity contribution < 1.29 is 14.3 Å². The molecule has 0 bridgehead atoms. The Kier molecular flexibility index (Phi) is 7.96. The van der Waals surface area contributed by atoms with E-state index in [9.17, 15) is 9.18 Å². The summed E-state index contributed by atoms with van der Waals surface area (Å²) >= 11 is 0. The molecule has 102 valence electrons. The zero-order chi connectivity index (χ0) is 14.1. The van der Waals surface area contributed by atoms with Crippen molar-refractivity contribution in [3.05, 3.63) is 29.6 Å². The fraction of sp³-hybridized carbons (Fsp3) is 0.500. The van der Waals surface area contributed by atoms with E-state index in [-0.39, 0.29) is 17.3 Å². The lowest BCUT2D eigenvalue weighted by Gasteiger charge is -2.02. The second-order valence-electron chi connectivity index (χ2n) is 4.29. The van der Waals surface area contributed by atoms with Gasteiger partial charge in [0.1, 0.15) is 11.9 Å². The van der Waals surface area contributed by atoms with E-state index in [0.717, 1.165) is 18.4 Å². The number of hydrogen-bond donors (Lipinski definition) is 2. The molecule has 3 nitrogen and oxygen atoms in total. The highest BCUT2D eigenvalue weighted by molar-refractivity contribution is 5.79. The van der Waals surface area contributed by atoms with Crippen molar-refractivity contribution in [1.29, 1.82) is 0 Å². The summed E-state index contributed by atoms with van der Waals surface area (Å²) in [6, 6.07) is 4.75. The van der Waals surface area contributed by atoms with Gasteiger partial charge >= 0.3 is 0 Å². The van der Waals surface area contributed by atoms with Crippen molar-refractivity contribution in [2.24, 2.45) is 0 Å². The molecule has 0 amide bonds. The highest BCUT2D eigenvalue weighted by Crippen LogP contribution is 2.10. The molecule has 0 aliphatic heterocycles. The average Bonchev–Trinajstić information content (AvgIpc) is 2.32. The molecular formula is C14H22FNO2. The molecule has 1 aromatic rings. The number of anilines is 1. The summed E-state index contributed by atoms with van der Waals surface area (Å²) in [5, 5.41) is 8.91. The van der Waals surface area contributed by atoms with Gasteiger partial charge in [-0.05, 0) is 38.0 Å². The van der Waals surface area contributed by atoms with Gasteiger partial charge < -0.3 is 10.8 Å². The van der Waals surface area contributed by atoms with E-state index in [0.29, 0.717) is 6.42 Å². The Morgan fingerprint density at radius 1 is 1.50 bits per heavy atom. The molecule has 0 fully saturated rings. The largest absolute Gasteiger partial charge is 0.396 e. The highest BCUT2D eigenvalue weighted by atomic mass is 19.1. The minimum atomic E-state index is -0.718. The van der Waals surface area contributed by atoms with E-state index < -0.39 is 6.10 Å². The Morgan fingerprint density at radius 3 is 2.50 bits per heavy atom. The summed E-state index contributed by atoms with van der Waals surface area (Å²) in [5.74, 6) is -0.460. The quantitative estimate of drug-likeness (QED) is 0.813. The number of nitrogens with two attached hydrogens (primary N) is 1. The van der Waals surface area contributed by atoms with Gasteiger partial charge in [-0.2, -0.15) is 0 Å². The Bertz CT molecular complexity index is 380. The number of benzene rings is 1. The van der Waals surface area contributed by atoms with Crippen molar-refractivity contribution in [1.82, 2.24) is 0 Å². The first-order valence-electron chi connectivity index (χ1n) is 6.08. The molecule has 1 rings (SSSR count). The zero-order valence-corrected chi connectivity index (χ0v) is 11.2. The molecule has 18 heavy (non-hydrogen) atoms. The summed E-state index contributed by atoms with van der Waals surface area (Å²) in [4.78, 5) is 10.4. The molecule has 0 saturated heterocycles. The maximum absolute atomic E-state index is 12.5. The number of Topliss-reactive ketones (excluding diaryl/α,β-unsaturated/α-hetero) is 1. The van der Waals surface area contributed by atoms with Crippen LogP contribution in [-0.2, 0) is 4.79 Å². The maximum Gasteiger partial charge on any atom is 0.158 e. The van der Waals surface area contributed by atoms with Crippen LogP contribution < -0.4 is 5.73 Å². The zero-order valence-electron chi connectivity index (χ0n) is 11.2. The molecular weight excluding hydrogens is 233 g/mol. The lowest BCUT2D eigenvalue weighted by atomic mass is 10.1. The van der Waals surface area contributed by atoms with Crippen LogP contribution >= 0.6 is 0 Å². The van der Waals surface area contributed by atoms with Crippen molar-refractivity contribution in [3.63, 3.8) is 0 Å². The fourth-order valence-electron chi connectivity index (χ4n) is 1.23. The SMILES string of the molecule is CCCCC(O)C(C)=O.Cc1ccc(N)c(F)c1. The van der Waals surface area contributed by atoms with Crippen molar-refractivity contribution in [3.8, 4) is 0 Å². The van der Waals surface area contributed by atoms with Crippen LogP contribution in [0.1, 0.15) is 38.7 Å². The molecule has 0 radical (unpaired) electrons. The summed E-state index contributed by atoms with van der Waals surface area (Å²) < 4.78 is 12.5. The van der Waals surface area contributed by atoms with Gasteiger partial charge in [0.25, 0.3) is 0 Å². The number of nitrogen functional groups attached to an aromatic ring is 1. The lowest BCUT2D eigenvalue weighted by Crippen LogP contribution is -2.15. The third kappa shape index (κ3) is 7.01. The predicted molar refractivity (Wildman–Crippen MR) is 71.8 cm³/mol. The third-order valence-corrected chi connectivity index (χ3v) is 2.46. The summed E-state index contributed by atoms with van der Waals surface area (Å²) in [7, 11) is 0. The number of ketones is 1. The smallest absolute Gasteiger partial charge is 0.158 e. The Morgan fingerprint density at radius 2 is 2.11 bits per heavy atom. The first kappa shape index (κ1) is 16.6. The number of rotatable bonds is 4. The lowest BCUT2D eigenvalue weighted by molar-refractivity contribution is -0.125. The van der Waals surface area contributed by atoms with Crippen molar-refractivity contribution in [2.45, 2.75) is 46.1 Å². The Hall–Kier alpha value is -1.42. The topological polar surface area (TPSA) is 63.3 Å². The van der Waals surface area contributed by atoms with E-state index in [1.165, 1.54) is 13.0 Å². The van der Waals surface area contributed by atoms with E-state index in [4.69, 9.17) is 10.8 Å². The molecule has 0 spiro atoms. The molecule has 1 unspecified atom stereocenters. The molecule has 4 heteroatoms. The number of carbonyl (C=O) groups excluding carboxylic acids is 1.